The highest BCUT2D eigenvalue weighted by molar-refractivity contribution is 9.10. The van der Waals surface area contributed by atoms with Crippen molar-refractivity contribution >= 4 is 51.4 Å². The number of hydrogen-bond acceptors (Lipinski definition) is 6. The minimum absolute atomic E-state index is 0.0504. The Hall–Kier alpha value is -3.49. The Balaban J connectivity index is 1.65. The summed E-state index contributed by atoms with van der Waals surface area (Å²) in [6.07, 6.45) is 1.51. The summed E-state index contributed by atoms with van der Waals surface area (Å²) in [5.41, 5.74) is 1.27. The van der Waals surface area contributed by atoms with Gasteiger partial charge in [-0.1, -0.05) is 23.7 Å². The molecule has 0 saturated carbocycles. The number of hydrogen-bond donors (Lipinski definition) is 0. The minimum Gasteiger partial charge on any atom is -0.490 e. The number of ether oxygens (including phenoxy) is 3. The van der Waals surface area contributed by atoms with Crippen molar-refractivity contribution < 1.29 is 28.2 Å². The van der Waals surface area contributed by atoms with Crippen molar-refractivity contribution in [1.29, 1.82) is 0 Å². The van der Waals surface area contributed by atoms with Gasteiger partial charge in [-0.15, -0.1) is 0 Å². The molecule has 0 unspecified atom stereocenters. The third kappa shape index (κ3) is 5.18. The summed E-state index contributed by atoms with van der Waals surface area (Å²) < 4.78 is 30.0. The number of nitrogens with zero attached hydrogens (tertiary/aromatic N) is 1. The molecular formula is C25H16BrClFNO5. The Morgan fingerprint density at radius 2 is 1.91 bits per heavy atom. The van der Waals surface area contributed by atoms with Crippen molar-refractivity contribution in [3.63, 3.8) is 0 Å². The number of carbonyl (C=O) groups excluding carboxylic acids is 2. The van der Waals surface area contributed by atoms with Crippen LogP contribution in [0.5, 0.6) is 11.5 Å². The Bertz CT molecular complexity index is 1340. The zero-order valence-corrected chi connectivity index (χ0v) is 20.0. The molecule has 0 spiro atoms. The van der Waals surface area contributed by atoms with Gasteiger partial charge in [0.1, 0.15) is 5.82 Å². The van der Waals surface area contributed by atoms with E-state index in [9.17, 15) is 14.0 Å². The van der Waals surface area contributed by atoms with Gasteiger partial charge in [0.2, 0.25) is 5.90 Å². The van der Waals surface area contributed by atoms with Crippen LogP contribution < -0.4 is 9.47 Å². The summed E-state index contributed by atoms with van der Waals surface area (Å²) >= 11 is 9.50. The number of rotatable bonds is 6. The average molecular weight is 545 g/mol. The van der Waals surface area contributed by atoms with E-state index in [-0.39, 0.29) is 33.7 Å². The Morgan fingerprint density at radius 1 is 1.18 bits per heavy atom. The van der Waals surface area contributed by atoms with Gasteiger partial charge in [0.25, 0.3) is 0 Å². The van der Waals surface area contributed by atoms with Crippen LogP contribution >= 0.6 is 27.5 Å². The fourth-order valence-electron chi connectivity index (χ4n) is 3.09. The summed E-state index contributed by atoms with van der Waals surface area (Å²) in [4.78, 5) is 29.2. The summed E-state index contributed by atoms with van der Waals surface area (Å²) in [7, 11) is 0. The maximum Gasteiger partial charge on any atom is 0.363 e. The second-order valence-corrected chi connectivity index (χ2v) is 8.24. The zero-order chi connectivity index (χ0) is 24.2. The molecule has 1 aliphatic rings. The number of benzene rings is 3. The Morgan fingerprint density at radius 3 is 2.62 bits per heavy atom. The van der Waals surface area contributed by atoms with Crippen molar-refractivity contribution in [1.82, 2.24) is 0 Å². The van der Waals surface area contributed by atoms with E-state index in [1.807, 2.05) is 0 Å². The average Bonchev–Trinajstić information content (AvgIpc) is 3.17. The summed E-state index contributed by atoms with van der Waals surface area (Å²) in [5.74, 6) is -1.19. The Labute approximate surface area is 207 Å². The molecule has 0 N–H and O–H groups in total. The molecular weight excluding hydrogens is 529 g/mol. The van der Waals surface area contributed by atoms with E-state index in [0.717, 1.165) is 0 Å². The molecule has 0 fully saturated rings. The quantitative estimate of drug-likeness (QED) is 0.210. The molecule has 0 saturated heterocycles. The van der Waals surface area contributed by atoms with Gasteiger partial charge in [0, 0.05) is 5.56 Å². The lowest BCUT2D eigenvalue weighted by Crippen LogP contribution is -2.11. The molecule has 3 aromatic rings. The predicted molar refractivity (Wildman–Crippen MR) is 129 cm³/mol. The monoisotopic (exact) mass is 543 g/mol. The highest BCUT2D eigenvalue weighted by Crippen LogP contribution is 2.38. The first kappa shape index (κ1) is 23.7. The molecule has 0 bridgehead atoms. The molecule has 0 amide bonds. The lowest BCUT2D eigenvalue weighted by molar-refractivity contribution is -0.129. The number of carbonyl (C=O) groups is 2. The van der Waals surface area contributed by atoms with E-state index in [0.29, 0.717) is 22.2 Å². The molecule has 3 aromatic carbocycles. The van der Waals surface area contributed by atoms with Gasteiger partial charge in [0.15, 0.2) is 17.2 Å². The molecule has 0 atom stereocenters. The van der Waals surface area contributed by atoms with E-state index in [2.05, 4.69) is 20.9 Å². The van der Waals surface area contributed by atoms with Gasteiger partial charge in [-0.05, 0) is 83.0 Å². The van der Waals surface area contributed by atoms with Crippen LogP contribution in [0.2, 0.25) is 5.02 Å². The number of esters is 2. The van der Waals surface area contributed by atoms with Crippen LogP contribution in [0.3, 0.4) is 0 Å². The van der Waals surface area contributed by atoms with Crippen LogP contribution in [0.25, 0.3) is 6.08 Å². The fraction of sp³-hybridized carbons (Fsp3) is 0.0800. The van der Waals surface area contributed by atoms with E-state index in [1.54, 1.807) is 43.3 Å². The van der Waals surface area contributed by atoms with Crippen LogP contribution in [-0.4, -0.2) is 24.4 Å². The van der Waals surface area contributed by atoms with E-state index >= 15 is 0 Å². The molecule has 172 valence electrons. The van der Waals surface area contributed by atoms with Gasteiger partial charge < -0.3 is 14.2 Å². The molecule has 1 heterocycles. The molecule has 0 aliphatic carbocycles. The first-order chi connectivity index (χ1) is 16.4. The fourth-order valence-corrected chi connectivity index (χ4v) is 3.84. The van der Waals surface area contributed by atoms with Crippen LogP contribution in [0, 0.1) is 5.82 Å². The normalized spacial score (nSPS) is 14.1. The first-order valence-electron chi connectivity index (χ1n) is 10.1. The largest absolute Gasteiger partial charge is 0.490 e. The summed E-state index contributed by atoms with van der Waals surface area (Å²) in [6, 6.07) is 15.2. The van der Waals surface area contributed by atoms with E-state index in [4.69, 9.17) is 25.8 Å². The Kier molecular flexibility index (Phi) is 7.09. The molecule has 9 heteroatoms. The smallest absolute Gasteiger partial charge is 0.363 e. The molecule has 0 aromatic heterocycles. The van der Waals surface area contributed by atoms with Gasteiger partial charge in [0.05, 0.1) is 21.7 Å². The second-order valence-electron chi connectivity index (χ2n) is 6.98. The third-order valence-corrected chi connectivity index (χ3v) is 5.55. The molecule has 1 aliphatic heterocycles. The topological polar surface area (TPSA) is 74.2 Å². The van der Waals surface area contributed by atoms with Gasteiger partial charge in [-0.2, -0.15) is 0 Å². The van der Waals surface area contributed by atoms with Gasteiger partial charge >= 0.3 is 11.9 Å². The SMILES string of the molecule is CCOc1cc(/C=C2\N=C(c3ccc(F)cc3)OC2=O)cc(Br)c1OC(=O)c1ccccc1Cl. The van der Waals surface area contributed by atoms with Crippen LogP contribution in [0.4, 0.5) is 4.39 Å². The van der Waals surface area contributed by atoms with Crippen molar-refractivity contribution in [3.05, 3.63) is 98.4 Å². The maximum atomic E-state index is 13.2. The van der Waals surface area contributed by atoms with Gasteiger partial charge in [-0.25, -0.2) is 19.0 Å². The number of cyclic esters (lactones) is 1. The third-order valence-electron chi connectivity index (χ3n) is 4.64. The molecule has 34 heavy (non-hydrogen) atoms. The lowest BCUT2D eigenvalue weighted by Gasteiger charge is -2.14. The standard InChI is InChI=1S/C25H16BrClFNO5/c1-2-32-21-13-14(11-18(26)22(21)33-24(30)17-5-3-4-6-19(17)27)12-20-25(31)34-23(29-20)15-7-9-16(28)10-8-15/h3-13H,2H2,1H3/b20-12-. The zero-order valence-electron chi connectivity index (χ0n) is 17.7. The summed E-state index contributed by atoms with van der Waals surface area (Å²) in [6.45, 7) is 2.09. The first-order valence-corrected chi connectivity index (χ1v) is 11.2. The van der Waals surface area contributed by atoms with Crippen molar-refractivity contribution in [3.8, 4) is 11.5 Å². The molecule has 4 rings (SSSR count). The lowest BCUT2D eigenvalue weighted by atomic mass is 10.1. The number of halogens is 3. The van der Waals surface area contributed by atoms with Crippen LogP contribution in [0.1, 0.15) is 28.4 Å². The highest BCUT2D eigenvalue weighted by Gasteiger charge is 2.25. The molecule has 0 radical (unpaired) electrons. The van der Waals surface area contributed by atoms with Crippen molar-refractivity contribution in [2.24, 2.45) is 4.99 Å². The van der Waals surface area contributed by atoms with E-state index in [1.165, 1.54) is 30.3 Å². The maximum absolute atomic E-state index is 13.2. The molecule has 6 nitrogen and oxygen atoms in total. The summed E-state index contributed by atoms with van der Waals surface area (Å²) in [5, 5.41) is 0.262. The number of aliphatic imine (C=N–C) groups is 1. The predicted octanol–water partition coefficient (Wildman–Crippen LogP) is 6.20. The van der Waals surface area contributed by atoms with Crippen molar-refractivity contribution in [2.75, 3.05) is 6.61 Å². The van der Waals surface area contributed by atoms with Crippen molar-refractivity contribution in [2.45, 2.75) is 6.92 Å². The second kappa shape index (κ2) is 10.2. The highest BCUT2D eigenvalue weighted by atomic mass is 79.9. The van der Waals surface area contributed by atoms with Crippen LogP contribution in [-0.2, 0) is 9.53 Å². The van der Waals surface area contributed by atoms with Crippen LogP contribution in [0.15, 0.2) is 75.8 Å². The van der Waals surface area contributed by atoms with E-state index < -0.39 is 17.8 Å². The minimum atomic E-state index is -0.650. The van der Waals surface area contributed by atoms with Gasteiger partial charge in [-0.3, -0.25) is 0 Å².